The quantitative estimate of drug-likeness (QED) is 0.296. The molecule has 0 spiro atoms. The molecule has 3 aromatic rings. The second kappa shape index (κ2) is 6.38. The lowest BCUT2D eigenvalue weighted by Gasteiger charge is -2.19. The zero-order valence-electron chi connectivity index (χ0n) is 14.3. The van der Waals surface area contributed by atoms with E-state index in [0.29, 0.717) is 6.54 Å². The Labute approximate surface area is 142 Å². The molecule has 0 aliphatic rings. The van der Waals surface area contributed by atoms with Gasteiger partial charge in [0.2, 0.25) is 0 Å². The average Bonchev–Trinajstić information content (AvgIpc) is 2.58. The third-order valence-electron chi connectivity index (χ3n) is 4.38. The van der Waals surface area contributed by atoms with Gasteiger partial charge in [-0.3, -0.25) is 0 Å². The Hall–Kier alpha value is -2.77. The summed E-state index contributed by atoms with van der Waals surface area (Å²) < 4.78 is 0. The number of rotatable bonds is 3. The number of benzene rings is 3. The minimum absolute atomic E-state index is 0.153. The van der Waals surface area contributed by atoms with E-state index in [9.17, 15) is 0 Å². The summed E-state index contributed by atoms with van der Waals surface area (Å²) in [6, 6.07) is 21.3. The molecule has 0 unspecified atom stereocenters. The van der Waals surface area contributed by atoms with Gasteiger partial charge in [-0.25, -0.2) is 0 Å². The molecule has 0 N–H and O–H groups in total. The molecule has 3 rings (SSSR count). The summed E-state index contributed by atoms with van der Waals surface area (Å²) in [5.74, 6) is 0. The summed E-state index contributed by atoms with van der Waals surface area (Å²) in [7, 11) is 0. The zero-order chi connectivity index (χ0) is 17.2. The van der Waals surface area contributed by atoms with Gasteiger partial charge in [0.15, 0.2) is 0 Å². The molecule has 0 radical (unpaired) electrons. The van der Waals surface area contributed by atoms with Crippen LogP contribution in [0.1, 0.15) is 31.9 Å². The second-order valence-electron chi connectivity index (χ2n) is 7.03. The highest BCUT2D eigenvalue weighted by molar-refractivity contribution is 5.98. The summed E-state index contributed by atoms with van der Waals surface area (Å²) in [4.78, 5) is 2.88. The minimum atomic E-state index is 0.153. The molecule has 3 heteroatoms. The molecule has 24 heavy (non-hydrogen) atoms. The average molecular weight is 315 g/mol. The van der Waals surface area contributed by atoms with Crippen LogP contribution in [-0.2, 0) is 12.0 Å². The van der Waals surface area contributed by atoms with E-state index in [1.165, 1.54) is 22.1 Å². The number of nitrogens with zero attached hydrogens (tertiary/aromatic N) is 3. The highest BCUT2D eigenvalue weighted by Gasteiger charge is 2.13. The topological polar surface area (TPSA) is 48.8 Å². The zero-order valence-corrected chi connectivity index (χ0v) is 14.3. The van der Waals surface area contributed by atoms with Crippen molar-refractivity contribution in [3.8, 4) is 11.1 Å². The van der Waals surface area contributed by atoms with E-state index < -0.39 is 0 Å². The van der Waals surface area contributed by atoms with Gasteiger partial charge >= 0.3 is 0 Å². The van der Waals surface area contributed by atoms with E-state index in [2.05, 4.69) is 79.3 Å². The number of azide groups is 1. The molecule has 120 valence electrons. The highest BCUT2D eigenvalue weighted by atomic mass is 15.1. The Balaban J connectivity index is 2.11. The van der Waals surface area contributed by atoms with Crippen molar-refractivity contribution in [2.45, 2.75) is 32.7 Å². The lowest BCUT2D eigenvalue weighted by molar-refractivity contribution is 0.590. The van der Waals surface area contributed by atoms with Gasteiger partial charge in [-0.05, 0) is 44.0 Å². The lowest BCUT2D eigenvalue weighted by atomic mass is 9.86. The molecule has 0 saturated heterocycles. The molecule has 0 atom stereocenters. The molecule has 0 aromatic heterocycles. The van der Waals surface area contributed by atoms with Crippen LogP contribution in [0.2, 0.25) is 0 Å². The smallest absolute Gasteiger partial charge is 0.0517 e. The first-order chi connectivity index (χ1) is 11.5. The van der Waals surface area contributed by atoms with Gasteiger partial charge < -0.3 is 0 Å². The fourth-order valence-electron chi connectivity index (χ4n) is 3.02. The summed E-state index contributed by atoms with van der Waals surface area (Å²) in [5, 5.41) is 6.04. The van der Waals surface area contributed by atoms with Crippen LogP contribution in [0.4, 0.5) is 0 Å². The third kappa shape index (κ3) is 3.12. The standard InChI is InChI=1S/C21H21N3/c1-21(2,3)17-12-10-15(11-13-17)18-7-5-8-19-16(14-23-24-22)6-4-9-20(18)19/h4-13H,14H2,1-3H3. The fraction of sp³-hybridized carbons (Fsp3) is 0.238. The van der Waals surface area contributed by atoms with Crippen LogP contribution in [0.3, 0.4) is 0 Å². The van der Waals surface area contributed by atoms with Crippen LogP contribution in [0.15, 0.2) is 65.8 Å². The van der Waals surface area contributed by atoms with Crippen molar-refractivity contribution in [2.24, 2.45) is 5.11 Å². The molecule has 0 aliphatic heterocycles. The fourth-order valence-corrected chi connectivity index (χ4v) is 3.02. The first-order valence-corrected chi connectivity index (χ1v) is 8.13. The normalized spacial score (nSPS) is 11.3. The second-order valence-corrected chi connectivity index (χ2v) is 7.03. The van der Waals surface area contributed by atoms with Crippen LogP contribution in [0.5, 0.6) is 0 Å². The van der Waals surface area contributed by atoms with E-state index in [1.807, 2.05) is 12.1 Å². The van der Waals surface area contributed by atoms with Gasteiger partial charge in [-0.2, -0.15) is 0 Å². The summed E-state index contributed by atoms with van der Waals surface area (Å²) in [6.45, 7) is 7.05. The highest BCUT2D eigenvalue weighted by Crippen LogP contribution is 2.32. The van der Waals surface area contributed by atoms with E-state index in [0.717, 1.165) is 10.9 Å². The van der Waals surface area contributed by atoms with E-state index in [4.69, 9.17) is 5.53 Å². The molecule has 0 saturated carbocycles. The van der Waals surface area contributed by atoms with Crippen molar-refractivity contribution in [1.82, 2.24) is 0 Å². The van der Waals surface area contributed by atoms with Crippen molar-refractivity contribution >= 4 is 10.8 Å². The SMILES string of the molecule is CC(C)(C)c1ccc(-c2cccc3c(CN=[N+]=[N-])cccc23)cc1. The predicted molar refractivity (Wildman–Crippen MR) is 101 cm³/mol. The van der Waals surface area contributed by atoms with Crippen LogP contribution in [0, 0.1) is 0 Å². The van der Waals surface area contributed by atoms with Gasteiger partial charge in [-0.15, -0.1) is 0 Å². The minimum Gasteiger partial charge on any atom is -0.0893 e. The number of hydrogen-bond donors (Lipinski definition) is 0. The van der Waals surface area contributed by atoms with E-state index >= 15 is 0 Å². The van der Waals surface area contributed by atoms with Crippen LogP contribution >= 0.6 is 0 Å². The maximum atomic E-state index is 8.58. The van der Waals surface area contributed by atoms with Crippen molar-refractivity contribution in [2.75, 3.05) is 0 Å². The number of hydrogen-bond acceptors (Lipinski definition) is 1. The number of fused-ring (bicyclic) bond motifs is 1. The van der Waals surface area contributed by atoms with E-state index in [1.54, 1.807) is 0 Å². The van der Waals surface area contributed by atoms with E-state index in [-0.39, 0.29) is 5.41 Å². The molecule has 0 bridgehead atoms. The molecule has 0 aliphatic carbocycles. The molecule has 0 heterocycles. The predicted octanol–water partition coefficient (Wildman–Crippen LogP) is 6.61. The molecule has 3 nitrogen and oxygen atoms in total. The molecule has 3 aromatic carbocycles. The first kappa shape index (κ1) is 16.1. The van der Waals surface area contributed by atoms with Crippen LogP contribution in [0.25, 0.3) is 32.3 Å². The van der Waals surface area contributed by atoms with Crippen molar-refractivity contribution < 1.29 is 0 Å². The van der Waals surface area contributed by atoms with Gasteiger partial charge in [0.25, 0.3) is 0 Å². The Kier molecular flexibility index (Phi) is 4.28. The van der Waals surface area contributed by atoms with Crippen LogP contribution < -0.4 is 0 Å². The Morgan fingerprint density at radius 2 is 1.54 bits per heavy atom. The van der Waals surface area contributed by atoms with Crippen molar-refractivity contribution in [3.05, 3.63) is 82.2 Å². The van der Waals surface area contributed by atoms with Crippen molar-refractivity contribution in [3.63, 3.8) is 0 Å². The maximum Gasteiger partial charge on any atom is 0.0517 e. The summed E-state index contributed by atoms with van der Waals surface area (Å²) >= 11 is 0. The van der Waals surface area contributed by atoms with Gasteiger partial charge in [-0.1, -0.05) is 86.5 Å². The third-order valence-corrected chi connectivity index (χ3v) is 4.38. The van der Waals surface area contributed by atoms with Gasteiger partial charge in [0, 0.05) is 4.91 Å². The summed E-state index contributed by atoms with van der Waals surface area (Å²) in [6.07, 6.45) is 0. The lowest BCUT2D eigenvalue weighted by Crippen LogP contribution is -2.10. The first-order valence-electron chi connectivity index (χ1n) is 8.13. The van der Waals surface area contributed by atoms with Gasteiger partial charge in [0.05, 0.1) is 6.54 Å². The monoisotopic (exact) mass is 315 g/mol. The molecular weight excluding hydrogens is 294 g/mol. The Morgan fingerprint density at radius 3 is 2.21 bits per heavy atom. The Bertz CT molecular complexity index is 912. The molecular formula is C21H21N3. The van der Waals surface area contributed by atoms with Gasteiger partial charge in [0.1, 0.15) is 0 Å². The maximum absolute atomic E-state index is 8.58. The largest absolute Gasteiger partial charge is 0.0893 e. The summed E-state index contributed by atoms with van der Waals surface area (Å²) in [5.41, 5.74) is 13.5. The molecule has 0 amide bonds. The van der Waals surface area contributed by atoms with Crippen LogP contribution in [-0.4, -0.2) is 0 Å². The van der Waals surface area contributed by atoms with Crippen molar-refractivity contribution in [1.29, 1.82) is 0 Å². The molecule has 0 fully saturated rings. The Morgan fingerprint density at radius 1 is 0.875 bits per heavy atom.